The molecule has 7 nitrogen and oxygen atoms in total. The van der Waals surface area contributed by atoms with Crippen molar-refractivity contribution < 1.29 is 9.18 Å². The van der Waals surface area contributed by atoms with Crippen molar-refractivity contribution in [3.63, 3.8) is 0 Å². The first kappa shape index (κ1) is 24.6. The summed E-state index contributed by atoms with van der Waals surface area (Å²) >= 11 is 0. The molecule has 0 radical (unpaired) electrons. The fourth-order valence-corrected chi connectivity index (χ4v) is 4.52. The molecular formula is C29H31FN6O. The van der Waals surface area contributed by atoms with Crippen LogP contribution in [0.25, 0.3) is 21.9 Å². The van der Waals surface area contributed by atoms with Gasteiger partial charge in [0, 0.05) is 61.3 Å². The number of nitrogens with zero attached hydrogens (tertiary/aromatic N) is 4. The molecule has 1 aliphatic heterocycles. The van der Waals surface area contributed by atoms with Crippen LogP contribution in [0.1, 0.15) is 24.2 Å². The molecule has 37 heavy (non-hydrogen) atoms. The quantitative estimate of drug-likeness (QED) is 0.378. The van der Waals surface area contributed by atoms with Crippen molar-refractivity contribution in [2.75, 3.05) is 48.8 Å². The fraction of sp³-hybridized carbons (Fsp3) is 0.276. The summed E-state index contributed by atoms with van der Waals surface area (Å²) in [7, 11) is 2.10. The van der Waals surface area contributed by atoms with Crippen LogP contribution in [0.2, 0.25) is 0 Å². The van der Waals surface area contributed by atoms with E-state index in [0.29, 0.717) is 11.4 Å². The molecule has 2 aromatic heterocycles. The smallest absolute Gasteiger partial charge is 0.257 e. The SMILES string of the molecule is CC(C)Nc1cc(F)cc(-c2ccc3cnc(NC(=O)c4ccnc(N5CCN(C)CC5)c4)cc3c2)c1. The number of amides is 1. The standard InChI is InChI=1S/C29H31FN6O/c1-19(2)33-26-14-24(13-25(30)17-26)20-4-5-22-18-32-27(15-23(22)12-20)34-29(37)21-6-7-31-28(16-21)36-10-8-35(3)9-11-36/h4-7,12-19,33H,8-11H2,1-3H3,(H,32,34,37). The molecule has 5 rings (SSSR count). The molecule has 0 aliphatic carbocycles. The minimum absolute atomic E-state index is 0.196. The monoisotopic (exact) mass is 498 g/mol. The van der Waals surface area contributed by atoms with Crippen molar-refractivity contribution >= 4 is 34.0 Å². The van der Waals surface area contributed by atoms with Gasteiger partial charge >= 0.3 is 0 Å². The summed E-state index contributed by atoms with van der Waals surface area (Å²) in [4.78, 5) is 26.4. The van der Waals surface area contributed by atoms with Gasteiger partial charge in [0.25, 0.3) is 5.91 Å². The van der Waals surface area contributed by atoms with Gasteiger partial charge in [-0.2, -0.15) is 0 Å². The molecule has 0 atom stereocenters. The van der Waals surface area contributed by atoms with Crippen LogP contribution < -0.4 is 15.5 Å². The van der Waals surface area contributed by atoms with E-state index < -0.39 is 0 Å². The van der Waals surface area contributed by atoms with Crippen LogP contribution in [0.3, 0.4) is 0 Å². The Hall–Kier alpha value is -4.04. The summed E-state index contributed by atoms with van der Waals surface area (Å²) in [5.41, 5.74) is 2.93. The average molecular weight is 499 g/mol. The number of nitrogens with one attached hydrogen (secondary N) is 2. The van der Waals surface area contributed by atoms with Gasteiger partial charge in [0.2, 0.25) is 0 Å². The number of anilines is 3. The minimum Gasteiger partial charge on any atom is -0.383 e. The number of piperazine rings is 1. The van der Waals surface area contributed by atoms with Crippen LogP contribution in [0, 0.1) is 5.82 Å². The van der Waals surface area contributed by atoms with Gasteiger partial charge in [-0.3, -0.25) is 4.79 Å². The molecule has 2 N–H and O–H groups in total. The normalized spacial score (nSPS) is 14.2. The predicted octanol–water partition coefficient (Wildman–Crippen LogP) is 5.26. The van der Waals surface area contributed by atoms with E-state index in [-0.39, 0.29) is 17.8 Å². The van der Waals surface area contributed by atoms with Crippen molar-refractivity contribution in [3.05, 3.63) is 78.4 Å². The summed E-state index contributed by atoms with van der Waals surface area (Å²) in [6, 6.07) is 16.4. The summed E-state index contributed by atoms with van der Waals surface area (Å²) in [5, 5.41) is 8.00. The van der Waals surface area contributed by atoms with E-state index >= 15 is 0 Å². The molecule has 1 amide bonds. The molecule has 1 fully saturated rings. The molecule has 1 saturated heterocycles. The molecule has 1 aliphatic rings. The third-order valence-electron chi connectivity index (χ3n) is 6.48. The van der Waals surface area contributed by atoms with Crippen molar-refractivity contribution in [2.24, 2.45) is 0 Å². The van der Waals surface area contributed by atoms with Gasteiger partial charge in [0.05, 0.1) is 0 Å². The van der Waals surface area contributed by atoms with E-state index in [9.17, 15) is 9.18 Å². The Morgan fingerprint density at radius 1 is 0.919 bits per heavy atom. The van der Waals surface area contributed by atoms with Crippen LogP contribution in [0.4, 0.5) is 21.7 Å². The first-order valence-electron chi connectivity index (χ1n) is 12.5. The third-order valence-corrected chi connectivity index (χ3v) is 6.48. The Balaban J connectivity index is 1.36. The number of carbonyl (C=O) groups is 1. The van der Waals surface area contributed by atoms with Crippen LogP contribution in [-0.2, 0) is 0 Å². The highest BCUT2D eigenvalue weighted by atomic mass is 19.1. The Labute approximate surface area is 216 Å². The zero-order valence-electron chi connectivity index (χ0n) is 21.3. The minimum atomic E-state index is -0.295. The lowest BCUT2D eigenvalue weighted by Crippen LogP contribution is -2.44. The number of carbonyl (C=O) groups excluding carboxylic acids is 1. The zero-order valence-corrected chi connectivity index (χ0v) is 21.3. The van der Waals surface area contributed by atoms with E-state index in [1.54, 1.807) is 18.5 Å². The van der Waals surface area contributed by atoms with Crippen molar-refractivity contribution in [1.82, 2.24) is 14.9 Å². The summed E-state index contributed by atoms with van der Waals surface area (Å²) in [6.45, 7) is 7.72. The second kappa shape index (κ2) is 10.5. The first-order valence-corrected chi connectivity index (χ1v) is 12.5. The van der Waals surface area contributed by atoms with Gasteiger partial charge in [0.1, 0.15) is 17.5 Å². The molecule has 8 heteroatoms. The second-order valence-corrected chi connectivity index (χ2v) is 9.81. The maximum absolute atomic E-state index is 14.3. The average Bonchev–Trinajstić information content (AvgIpc) is 2.88. The van der Waals surface area contributed by atoms with Gasteiger partial charge in [-0.1, -0.05) is 12.1 Å². The second-order valence-electron chi connectivity index (χ2n) is 9.81. The predicted molar refractivity (Wildman–Crippen MR) is 148 cm³/mol. The lowest BCUT2D eigenvalue weighted by molar-refractivity contribution is 0.102. The fourth-order valence-electron chi connectivity index (χ4n) is 4.52. The van der Waals surface area contributed by atoms with Crippen molar-refractivity contribution in [2.45, 2.75) is 19.9 Å². The van der Waals surface area contributed by atoms with E-state index in [4.69, 9.17) is 0 Å². The van der Waals surface area contributed by atoms with Crippen molar-refractivity contribution in [1.29, 1.82) is 0 Å². The number of benzene rings is 2. The Bertz CT molecular complexity index is 1430. The number of aromatic nitrogens is 2. The molecular weight excluding hydrogens is 467 g/mol. The number of fused-ring (bicyclic) bond motifs is 1. The van der Waals surface area contributed by atoms with Crippen LogP contribution in [-0.4, -0.2) is 60.0 Å². The maximum Gasteiger partial charge on any atom is 0.257 e. The lowest BCUT2D eigenvalue weighted by Gasteiger charge is -2.33. The molecule has 2 aromatic carbocycles. The Morgan fingerprint density at radius 2 is 1.73 bits per heavy atom. The molecule has 0 bridgehead atoms. The van der Waals surface area contributed by atoms with E-state index in [2.05, 4.69) is 37.4 Å². The third kappa shape index (κ3) is 5.86. The highest BCUT2D eigenvalue weighted by Crippen LogP contribution is 2.29. The first-order chi connectivity index (χ1) is 17.8. The Morgan fingerprint density at radius 3 is 2.51 bits per heavy atom. The van der Waals surface area contributed by atoms with Crippen LogP contribution >= 0.6 is 0 Å². The number of halogens is 1. The number of rotatable bonds is 6. The summed E-state index contributed by atoms with van der Waals surface area (Å²) < 4.78 is 14.3. The summed E-state index contributed by atoms with van der Waals surface area (Å²) in [6.07, 6.45) is 3.40. The Kier molecular flexibility index (Phi) is 7.01. The van der Waals surface area contributed by atoms with Gasteiger partial charge in [-0.05, 0) is 79.9 Å². The van der Waals surface area contributed by atoms with Gasteiger partial charge in [-0.15, -0.1) is 0 Å². The topological polar surface area (TPSA) is 73.4 Å². The maximum atomic E-state index is 14.3. The highest BCUT2D eigenvalue weighted by Gasteiger charge is 2.17. The summed E-state index contributed by atoms with van der Waals surface area (Å²) in [5.74, 6) is 0.722. The highest BCUT2D eigenvalue weighted by molar-refractivity contribution is 6.05. The van der Waals surface area contributed by atoms with Gasteiger partial charge in [-0.25, -0.2) is 14.4 Å². The zero-order chi connectivity index (χ0) is 25.9. The van der Waals surface area contributed by atoms with Crippen LogP contribution in [0.5, 0.6) is 0 Å². The molecule has 0 unspecified atom stereocenters. The van der Waals surface area contributed by atoms with E-state index in [1.807, 2.05) is 50.2 Å². The van der Waals surface area contributed by atoms with E-state index in [0.717, 1.165) is 59.6 Å². The molecule has 4 aromatic rings. The molecule has 0 spiro atoms. The molecule has 0 saturated carbocycles. The molecule has 3 heterocycles. The number of likely N-dealkylation sites (N-methyl/N-ethyl adjacent to an activating group) is 1. The number of pyridine rings is 2. The van der Waals surface area contributed by atoms with Gasteiger partial charge in [0.15, 0.2) is 0 Å². The molecule has 190 valence electrons. The number of hydrogen-bond acceptors (Lipinski definition) is 6. The largest absolute Gasteiger partial charge is 0.383 e. The van der Waals surface area contributed by atoms with E-state index in [1.165, 1.54) is 12.1 Å². The number of hydrogen-bond donors (Lipinski definition) is 2. The van der Waals surface area contributed by atoms with Crippen LogP contribution in [0.15, 0.2) is 67.0 Å². The lowest BCUT2D eigenvalue weighted by atomic mass is 10.0. The van der Waals surface area contributed by atoms with Gasteiger partial charge < -0.3 is 20.4 Å². The van der Waals surface area contributed by atoms with Crippen molar-refractivity contribution in [3.8, 4) is 11.1 Å².